The summed E-state index contributed by atoms with van der Waals surface area (Å²) in [5, 5.41) is 3.91. The monoisotopic (exact) mass is 286 g/mol. The molecule has 3 N–H and O–H groups in total. The molecular formula is C12H22N4O2S. The van der Waals surface area contributed by atoms with Crippen LogP contribution in [0, 0.1) is 0 Å². The molecule has 1 heterocycles. The molecule has 1 aliphatic carbocycles. The maximum Gasteiger partial charge on any atom is 0.244 e. The van der Waals surface area contributed by atoms with Gasteiger partial charge in [-0.2, -0.15) is 5.10 Å². The molecule has 108 valence electrons. The molecule has 0 bridgehead atoms. The zero-order valence-corrected chi connectivity index (χ0v) is 12.1. The first-order valence-corrected chi connectivity index (χ1v) is 8.18. The molecule has 0 aliphatic heterocycles. The van der Waals surface area contributed by atoms with Crippen LogP contribution in [0.5, 0.6) is 0 Å². The Morgan fingerprint density at radius 2 is 2.00 bits per heavy atom. The topological polar surface area (TPSA) is 90.0 Å². The molecule has 1 aromatic heterocycles. The largest absolute Gasteiger partial charge is 0.329 e. The van der Waals surface area contributed by atoms with E-state index in [1.54, 1.807) is 7.05 Å². The lowest BCUT2D eigenvalue weighted by molar-refractivity contribution is 0.342. The Morgan fingerprint density at radius 1 is 1.37 bits per heavy atom. The summed E-state index contributed by atoms with van der Waals surface area (Å²) in [5.74, 6) is 0. The molecular weight excluding hydrogens is 264 g/mol. The average molecular weight is 286 g/mol. The summed E-state index contributed by atoms with van der Waals surface area (Å²) in [7, 11) is -1.84. The quantitative estimate of drug-likeness (QED) is 0.799. The van der Waals surface area contributed by atoms with Gasteiger partial charge in [-0.3, -0.25) is 4.68 Å². The van der Waals surface area contributed by atoms with Crippen LogP contribution >= 0.6 is 0 Å². The molecule has 0 aromatic carbocycles. The molecule has 0 saturated heterocycles. The van der Waals surface area contributed by atoms with E-state index in [2.05, 4.69) is 9.82 Å². The van der Waals surface area contributed by atoms with Gasteiger partial charge < -0.3 is 5.73 Å². The van der Waals surface area contributed by atoms with Gasteiger partial charge in [0.15, 0.2) is 0 Å². The van der Waals surface area contributed by atoms with Gasteiger partial charge in [-0.25, -0.2) is 13.1 Å². The number of rotatable bonds is 4. The lowest BCUT2D eigenvalue weighted by Gasteiger charge is -2.31. The lowest BCUT2D eigenvalue weighted by Crippen LogP contribution is -2.53. The minimum Gasteiger partial charge on any atom is -0.329 e. The number of aryl methyl sites for hydroxylation is 1. The van der Waals surface area contributed by atoms with Crippen LogP contribution in [0.4, 0.5) is 0 Å². The highest BCUT2D eigenvalue weighted by Gasteiger charge is 2.34. The lowest BCUT2D eigenvalue weighted by atomic mass is 9.92. The van der Waals surface area contributed by atoms with E-state index in [4.69, 9.17) is 5.73 Å². The van der Waals surface area contributed by atoms with Crippen molar-refractivity contribution in [2.24, 2.45) is 12.8 Å². The van der Waals surface area contributed by atoms with E-state index in [1.165, 1.54) is 17.1 Å². The van der Waals surface area contributed by atoms with E-state index < -0.39 is 15.6 Å². The molecule has 19 heavy (non-hydrogen) atoms. The van der Waals surface area contributed by atoms with Gasteiger partial charge in [-0.15, -0.1) is 0 Å². The van der Waals surface area contributed by atoms with E-state index in [9.17, 15) is 8.42 Å². The Balaban J connectivity index is 2.21. The first-order valence-electron chi connectivity index (χ1n) is 6.70. The first-order chi connectivity index (χ1) is 8.97. The molecule has 1 aromatic rings. The summed E-state index contributed by atoms with van der Waals surface area (Å²) in [6.45, 7) is 0.340. The van der Waals surface area contributed by atoms with Crippen molar-refractivity contribution in [3.05, 3.63) is 12.4 Å². The van der Waals surface area contributed by atoms with Crippen LogP contribution in [-0.4, -0.2) is 30.3 Å². The molecule has 0 unspecified atom stereocenters. The van der Waals surface area contributed by atoms with Crippen molar-refractivity contribution < 1.29 is 8.42 Å². The van der Waals surface area contributed by atoms with E-state index in [0.29, 0.717) is 6.54 Å². The smallest absolute Gasteiger partial charge is 0.244 e. The number of nitrogens with two attached hydrogens (primary N) is 1. The maximum atomic E-state index is 12.4. The highest BCUT2D eigenvalue weighted by atomic mass is 32.2. The van der Waals surface area contributed by atoms with Gasteiger partial charge in [0.05, 0.1) is 6.20 Å². The van der Waals surface area contributed by atoms with Crippen molar-refractivity contribution >= 4 is 10.0 Å². The molecule has 1 saturated carbocycles. The zero-order chi connectivity index (χ0) is 13.9. The SMILES string of the molecule is Cn1cc(S(=O)(=O)NC2(CN)CCCCCC2)cn1. The van der Waals surface area contributed by atoms with Crippen LogP contribution in [0.15, 0.2) is 17.3 Å². The highest BCUT2D eigenvalue weighted by Crippen LogP contribution is 2.28. The third-order valence-corrected chi connectivity index (χ3v) is 5.33. The summed E-state index contributed by atoms with van der Waals surface area (Å²) in [6, 6.07) is 0. The molecule has 1 fully saturated rings. The third kappa shape index (κ3) is 3.34. The van der Waals surface area contributed by atoms with E-state index >= 15 is 0 Å². The van der Waals surface area contributed by atoms with Crippen LogP contribution in [0.25, 0.3) is 0 Å². The Labute approximate surface area is 114 Å². The van der Waals surface area contributed by atoms with Crippen LogP contribution in [0.3, 0.4) is 0 Å². The molecule has 0 atom stereocenters. The fourth-order valence-electron chi connectivity index (χ4n) is 2.63. The number of aromatic nitrogens is 2. The van der Waals surface area contributed by atoms with E-state index in [1.807, 2.05) is 0 Å². The molecule has 1 aliphatic rings. The number of hydrogen-bond donors (Lipinski definition) is 2. The molecule has 0 spiro atoms. The third-order valence-electron chi connectivity index (χ3n) is 3.79. The molecule has 2 rings (SSSR count). The molecule has 6 nitrogen and oxygen atoms in total. The van der Waals surface area contributed by atoms with Gasteiger partial charge in [-0.05, 0) is 12.8 Å². The summed E-state index contributed by atoms with van der Waals surface area (Å²) in [5.41, 5.74) is 5.36. The highest BCUT2D eigenvalue weighted by molar-refractivity contribution is 7.89. The zero-order valence-electron chi connectivity index (χ0n) is 11.3. The Bertz CT molecular complexity index is 516. The van der Waals surface area contributed by atoms with E-state index in [0.717, 1.165) is 38.5 Å². The van der Waals surface area contributed by atoms with Gasteiger partial charge in [0.2, 0.25) is 10.0 Å². The van der Waals surface area contributed by atoms with Gasteiger partial charge in [0.25, 0.3) is 0 Å². The maximum absolute atomic E-state index is 12.4. The van der Waals surface area contributed by atoms with Crippen LogP contribution in [0.1, 0.15) is 38.5 Å². The number of nitrogens with one attached hydrogen (secondary N) is 1. The number of sulfonamides is 1. The first kappa shape index (κ1) is 14.5. The number of hydrogen-bond acceptors (Lipinski definition) is 4. The summed E-state index contributed by atoms with van der Waals surface area (Å²) < 4.78 is 29.0. The summed E-state index contributed by atoms with van der Waals surface area (Å²) in [4.78, 5) is 0.201. The van der Waals surface area contributed by atoms with Crippen LogP contribution in [0.2, 0.25) is 0 Å². The Morgan fingerprint density at radius 3 is 2.47 bits per heavy atom. The second-order valence-electron chi connectivity index (χ2n) is 5.35. The minimum atomic E-state index is -3.54. The van der Waals surface area contributed by atoms with Crippen molar-refractivity contribution in [1.82, 2.24) is 14.5 Å². The predicted octanol–water partition coefficient (Wildman–Crippen LogP) is 0.750. The normalized spacial score (nSPS) is 20.1. The fourth-order valence-corrected chi connectivity index (χ4v) is 4.09. The standard InChI is InChI=1S/C12H22N4O2S/c1-16-9-11(8-14-16)19(17,18)15-12(10-13)6-4-2-3-5-7-12/h8-9,15H,2-7,10,13H2,1H3. The van der Waals surface area contributed by atoms with Crippen molar-refractivity contribution in [3.63, 3.8) is 0 Å². The predicted molar refractivity (Wildman–Crippen MR) is 73.0 cm³/mol. The molecule has 0 amide bonds. The Hall–Kier alpha value is -0.920. The Kier molecular flexibility index (Phi) is 4.27. The summed E-state index contributed by atoms with van der Waals surface area (Å²) >= 11 is 0. The van der Waals surface area contributed by atoms with Gasteiger partial charge in [-0.1, -0.05) is 25.7 Å². The molecule has 7 heteroatoms. The fraction of sp³-hybridized carbons (Fsp3) is 0.750. The minimum absolute atomic E-state index is 0.201. The summed E-state index contributed by atoms with van der Waals surface area (Å²) in [6.07, 6.45) is 8.82. The second kappa shape index (κ2) is 5.60. The van der Waals surface area contributed by atoms with E-state index in [-0.39, 0.29) is 4.90 Å². The van der Waals surface area contributed by atoms with Crippen molar-refractivity contribution in [3.8, 4) is 0 Å². The van der Waals surface area contributed by atoms with Crippen LogP contribution in [-0.2, 0) is 17.1 Å². The van der Waals surface area contributed by atoms with Crippen molar-refractivity contribution in [2.45, 2.75) is 49.0 Å². The van der Waals surface area contributed by atoms with Gasteiger partial charge in [0.1, 0.15) is 4.90 Å². The van der Waals surface area contributed by atoms with Crippen LogP contribution < -0.4 is 10.5 Å². The second-order valence-corrected chi connectivity index (χ2v) is 7.04. The van der Waals surface area contributed by atoms with Gasteiger partial charge in [0, 0.05) is 25.3 Å². The molecule has 0 radical (unpaired) electrons. The average Bonchev–Trinajstić information content (AvgIpc) is 2.68. The van der Waals surface area contributed by atoms with Gasteiger partial charge >= 0.3 is 0 Å². The van der Waals surface area contributed by atoms with Crippen molar-refractivity contribution in [1.29, 1.82) is 0 Å². The number of nitrogens with zero attached hydrogens (tertiary/aromatic N) is 2. The van der Waals surface area contributed by atoms with Crippen molar-refractivity contribution in [2.75, 3.05) is 6.54 Å².